The van der Waals surface area contributed by atoms with Gasteiger partial charge in [-0.1, -0.05) is 51.4 Å². The van der Waals surface area contributed by atoms with E-state index in [9.17, 15) is 4.79 Å². The first kappa shape index (κ1) is 18.9. The Morgan fingerprint density at radius 3 is 2.54 bits per heavy atom. The van der Waals surface area contributed by atoms with Gasteiger partial charge in [0.25, 0.3) is 0 Å². The lowest BCUT2D eigenvalue weighted by Gasteiger charge is -2.06. The van der Waals surface area contributed by atoms with Crippen LogP contribution in [0.2, 0.25) is 5.02 Å². The van der Waals surface area contributed by atoms with E-state index in [1.807, 2.05) is 60.1 Å². The van der Waals surface area contributed by atoms with Gasteiger partial charge in [-0.2, -0.15) is 0 Å². The average Bonchev–Trinajstić information content (AvgIpc) is 2.97. The SMILES string of the molecule is Cn1c(Cc2ccc(Cl)cc2)nnc1SCC(=O)Nc1ccc(Br)cc1. The summed E-state index contributed by atoms with van der Waals surface area (Å²) in [5.74, 6) is 1.02. The number of halogens is 2. The van der Waals surface area contributed by atoms with E-state index in [0.717, 1.165) is 21.5 Å². The first-order valence-electron chi connectivity index (χ1n) is 7.82. The topological polar surface area (TPSA) is 59.8 Å². The van der Waals surface area contributed by atoms with Crippen LogP contribution in [-0.2, 0) is 18.3 Å². The van der Waals surface area contributed by atoms with Gasteiger partial charge in [0.1, 0.15) is 5.82 Å². The maximum Gasteiger partial charge on any atom is 0.234 e. The smallest absolute Gasteiger partial charge is 0.234 e. The predicted octanol–water partition coefficient (Wildman–Crippen LogP) is 4.55. The van der Waals surface area contributed by atoms with Gasteiger partial charge in [-0.05, 0) is 42.0 Å². The Balaban J connectivity index is 1.56. The van der Waals surface area contributed by atoms with Crippen LogP contribution in [0.3, 0.4) is 0 Å². The van der Waals surface area contributed by atoms with Crippen LogP contribution in [0.15, 0.2) is 58.2 Å². The Bertz CT molecular complexity index is 897. The number of hydrogen-bond acceptors (Lipinski definition) is 4. The molecule has 3 aromatic rings. The summed E-state index contributed by atoms with van der Waals surface area (Å²) in [6, 6.07) is 15.1. The van der Waals surface area contributed by atoms with Crippen molar-refractivity contribution in [2.45, 2.75) is 11.6 Å². The zero-order chi connectivity index (χ0) is 18.5. The lowest BCUT2D eigenvalue weighted by molar-refractivity contribution is -0.113. The van der Waals surface area contributed by atoms with Crippen LogP contribution in [0.1, 0.15) is 11.4 Å². The zero-order valence-corrected chi connectivity index (χ0v) is 17.1. The Morgan fingerprint density at radius 1 is 1.15 bits per heavy atom. The number of carbonyl (C=O) groups is 1. The number of benzene rings is 2. The van der Waals surface area contributed by atoms with E-state index in [0.29, 0.717) is 16.6 Å². The molecule has 0 aliphatic rings. The Kier molecular flexibility index (Phi) is 6.34. The summed E-state index contributed by atoms with van der Waals surface area (Å²) in [6.07, 6.45) is 0.659. The molecule has 2 aromatic carbocycles. The number of carbonyl (C=O) groups excluding carboxylic acids is 1. The number of rotatable bonds is 6. The van der Waals surface area contributed by atoms with Gasteiger partial charge in [0.2, 0.25) is 5.91 Å². The summed E-state index contributed by atoms with van der Waals surface area (Å²) in [6.45, 7) is 0. The van der Waals surface area contributed by atoms with Gasteiger partial charge in [0, 0.05) is 28.7 Å². The summed E-state index contributed by atoms with van der Waals surface area (Å²) >= 11 is 10.6. The molecule has 0 saturated heterocycles. The van der Waals surface area contributed by atoms with Crippen molar-refractivity contribution in [3.05, 3.63) is 69.4 Å². The minimum atomic E-state index is -0.0837. The summed E-state index contributed by atoms with van der Waals surface area (Å²) < 4.78 is 2.88. The van der Waals surface area contributed by atoms with Crippen LogP contribution in [0.4, 0.5) is 5.69 Å². The highest BCUT2D eigenvalue weighted by molar-refractivity contribution is 9.10. The highest BCUT2D eigenvalue weighted by atomic mass is 79.9. The molecular weight excluding hydrogens is 436 g/mol. The minimum absolute atomic E-state index is 0.0837. The molecule has 1 heterocycles. The van der Waals surface area contributed by atoms with Crippen molar-refractivity contribution in [3.8, 4) is 0 Å². The molecule has 5 nitrogen and oxygen atoms in total. The summed E-state index contributed by atoms with van der Waals surface area (Å²) in [4.78, 5) is 12.1. The average molecular weight is 452 g/mol. The molecule has 0 radical (unpaired) electrons. The number of aromatic nitrogens is 3. The highest BCUT2D eigenvalue weighted by Gasteiger charge is 2.12. The fourth-order valence-electron chi connectivity index (χ4n) is 2.27. The van der Waals surface area contributed by atoms with Gasteiger partial charge < -0.3 is 9.88 Å². The van der Waals surface area contributed by atoms with Crippen molar-refractivity contribution in [2.24, 2.45) is 7.05 Å². The largest absolute Gasteiger partial charge is 0.325 e. The highest BCUT2D eigenvalue weighted by Crippen LogP contribution is 2.19. The number of nitrogens with one attached hydrogen (secondary N) is 1. The Morgan fingerprint density at radius 2 is 1.85 bits per heavy atom. The molecule has 0 bridgehead atoms. The fraction of sp³-hybridized carbons (Fsp3) is 0.167. The number of nitrogens with zero attached hydrogens (tertiary/aromatic N) is 3. The molecule has 0 aliphatic carbocycles. The molecule has 1 aromatic heterocycles. The van der Waals surface area contributed by atoms with Crippen molar-refractivity contribution in [2.75, 3.05) is 11.1 Å². The molecule has 0 fully saturated rings. The summed E-state index contributed by atoms with van der Waals surface area (Å²) in [5, 5.41) is 12.7. The first-order chi connectivity index (χ1) is 12.5. The van der Waals surface area contributed by atoms with E-state index >= 15 is 0 Å². The normalized spacial score (nSPS) is 10.7. The standard InChI is InChI=1S/C18H16BrClN4OS/c1-24-16(10-12-2-6-14(20)7-3-12)22-23-18(24)26-11-17(25)21-15-8-4-13(19)5-9-15/h2-9H,10-11H2,1H3,(H,21,25). The first-order valence-corrected chi connectivity index (χ1v) is 9.98. The van der Waals surface area contributed by atoms with Crippen LogP contribution in [-0.4, -0.2) is 26.4 Å². The summed E-state index contributed by atoms with van der Waals surface area (Å²) in [7, 11) is 1.90. The van der Waals surface area contributed by atoms with Gasteiger partial charge in [-0.3, -0.25) is 4.79 Å². The number of amides is 1. The van der Waals surface area contributed by atoms with Crippen molar-refractivity contribution in [1.82, 2.24) is 14.8 Å². The maximum atomic E-state index is 12.1. The van der Waals surface area contributed by atoms with Gasteiger partial charge >= 0.3 is 0 Å². The van der Waals surface area contributed by atoms with Crippen LogP contribution >= 0.6 is 39.3 Å². The molecule has 1 N–H and O–H groups in total. The number of anilines is 1. The minimum Gasteiger partial charge on any atom is -0.325 e. The van der Waals surface area contributed by atoms with Gasteiger partial charge in [-0.15, -0.1) is 10.2 Å². The lowest BCUT2D eigenvalue weighted by atomic mass is 10.1. The van der Waals surface area contributed by atoms with E-state index in [1.165, 1.54) is 11.8 Å². The predicted molar refractivity (Wildman–Crippen MR) is 109 cm³/mol. The molecule has 8 heteroatoms. The molecule has 3 rings (SSSR count). The van der Waals surface area contributed by atoms with Crippen LogP contribution in [0.5, 0.6) is 0 Å². The molecule has 1 amide bonds. The van der Waals surface area contributed by atoms with E-state index in [1.54, 1.807) is 0 Å². The molecule has 0 unspecified atom stereocenters. The third kappa shape index (κ3) is 5.09. The Hall–Kier alpha value is -1.83. The Labute approximate surface area is 169 Å². The van der Waals surface area contributed by atoms with Crippen molar-refractivity contribution >= 4 is 50.9 Å². The molecule has 0 saturated carbocycles. The van der Waals surface area contributed by atoms with E-state index in [-0.39, 0.29) is 11.7 Å². The fourth-order valence-corrected chi connectivity index (χ4v) is 3.39. The molecule has 134 valence electrons. The quantitative estimate of drug-likeness (QED) is 0.558. The van der Waals surface area contributed by atoms with Crippen molar-refractivity contribution in [1.29, 1.82) is 0 Å². The second kappa shape index (κ2) is 8.70. The molecule has 0 atom stereocenters. The van der Waals surface area contributed by atoms with Crippen LogP contribution in [0, 0.1) is 0 Å². The van der Waals surface area contributed by atoms with Crippen molar-refractivity contribution < 1.29 is 4.79 Å². The number of hydrogen-bond donors (Lipinski definition) is 1. The van der Waals surface area contributed by atoms with E-state index < -0.39 is 0 Å². The van der Waals surface area contributed by atoms with Gasteiger partial charge in [-0.25, -0.2) is 0 Å². The third-order valence-corrected chi connectivity index (χ3v) is 5.46. The molecular formula is C18H16BrClN4OS. The molecule has 26 heavy (non-hydrogen) atoms. The lowest BCUT2D eigenvalue weighted by Crippen LogP contribution is -2.14. The zero-order valence-electron chi connectivity index (χ0n) is 13.9. The third-order valence-electron chi connectivity index (χ3n) is 3.66. The van der Waals surface area contributed by atoms with Crippen LogP contribution in [0.25, 0.3) is 0 Å². The number of thioether (sulfide) groups is 1. The van der Waals surface area contributed by atoms with Gasteiger partial charge in [0.05, 0.1) is 5.75 Å². The summed E-state index contributed by atoms with van der Waals surface area (Å²) in [5.41, 5.74) is 1.87. The second-order valence-corrected chi connectivity index (χ2v) is 7.90. The van der Waals surface area contributed by atoms with E-state index in [2.05, 4.69) is 31.4 Å². The maximum absolute atomic E-state index is 12.1. The van der Waals surface area contributed by atoms with E-state index in [4.69, 9.17) is 11.6 Å². The van der Waals surface area contributed by atoms with Crippen LogP contribution < -0.4 is 5.32 Å². The van der Waals surface area contributed by atoms with Crippen molar-refractivity contribution in [3.63, 3.8) is 0 Å². The van der Waals surface area contributed by atoms with Gasteiger partial charge in [0.15, 0.2) is 5.16 Å². The second-order valence-electron chi connectivity index (χ2n) is 5.60. The molecule has 0 aliphatic heterocycles. The monoisotopic (exact) mass is 450 g/mol. The molecule has 0 spiro atoms.